The van der Waals surface area contributed by atoms with Crippen LogP contribution >= 0.6 is 15.9 Å². The molecule has 1 aromatic heterocycles. The molecule has 13 heavy (non-hydrogen) atoms. The van der Waals surface area contributed by atoms with Gasteiger partial charge in [0.2, 0.25) is 5.95 Å². The van der Waals surface area contributed by atoms with Gasteiger partial charge in [0.1, 0.15) is 4.60 Å². The Bertz CT molecular complexity index is 319. The van der Waals surface area contributed by atoms with Crippen molar-refractivity contribution in [1.82, 2.24) is 4.98 Å². The van der Waals surface area contributed by atoms with Crippen LogP contribution in [-0.2, 0) is 6.61 Å². The highest BCUT2D eigenvalue weighted by Gasteiger charge is 2.19. The van der Waals surface area contributed by atoms with Gasteiger partial charge in [0, 0.05) is 0 Å². The molecule has 1 aromatic rings. The normalized spacial score (nSPS) is 10.9. The molecule has 0 atom stereocenters. The molecule has 0 saturated carbocycles. The Morgan fingerprint density at radius 2 is 2.15 bits per heavy atom. The van der Waals surface area contributed by atoms with Crippen molar-refractivity contribution in [3.8, 4) is 0 Å². The molecule has 0 bridgehead atoms. The lowest BCUT2D eigenvalue weighted by Crippen LogP contribution is -2.02. The molecule has 6 heteroatoms. The second-order valence-electron chi connectivity index (χ2n) is 2.27. The van der Waals surface area contributed by atoms with Crippen molar-refractivity contribution in [3.05, 3.63) is 27.7 Å². The van der Waals surface area contributed by atoms with E-state index in [0.29, 0.717) is 0 Å². The third kappa shape index (κ3) is 2.19. The minimum atomic E-state index is -2.97. The summed E-state index contributed by atoms with van der Waals surface area (Å²) in [6.45, 7) is -0.641. The maximum absolute atomic E-state index is 12.8. The Morgan fingerprint density at radius 3 is 2.62 bits per heavy atom. The van der Waals surface area contributed by atoms with Crippen molar-refractivity contribution in [2.45, 2.75) is 13.0 Å². The van der Waals surface area contributed by atoms with Crippen molar-refractivity contribution in [1.29, 1.82) is 0 Å². The Hall–Kier alpha value is -0.620. The molecular weight excluding hydrogens is 251 g/mol. The van der Waals surface area contributed by atoms with Gasteiger partial charge in [-0.25, -0.2) is 13.8 Å². The van der Waals surface area contributed by atoms with E-state index in [-0.39, 0.29) is 10.2 Å². The molecule has 0 aliphatic heterocycles. The quantitative estimate of drug-likeness (QED) is 0.824. The predicted molar refractivity (Wildman–Crippen MR) is 42.8 cm³/mol. The van der Waals surface area contributed by atoms with Crippen LogP contribution in [0.3, 0.4) is 0 Å². The minimum Gasteiger partial charge on any atom is -0.392 e. The Kier molecular flexibility index (Phi) is 3.27. The van der Waals surface area contributed by atoms with E-state index in [1.54, 1.807) is 0 Å². The summed E-state index contributed by atoms with van der Waals surface area (Å²) in [6.07, 6.45) is -2.97. The van der Waals surface area contributed by atoms with Crippen molar-refractivity contribution in [2.24, 2.45) is 0 Å². The van der Waals surface area contributed by atoms with E-state index < -0.39 is 24.5 Å². The molecular formula is C7H5BrF3NO. The molecule has 0 aliphatic rings. The summed E-state index contributed by atoms with van der Waals surface area (Å²) in [5.74, 6) is -1.26. The molecule has 0 amide bonds. The van der Waals surface area contributed by atoms with Gasteiger partial charge in [-0.1, -0.05) is 0 Å². The minimum absolute atomic E-state index is 0.0819. The van der Waals surface area contributed by atoms with Crippen molar-refractivity contribution < 1.29 is 18.3 Å². The topological polar surface area (TPSA) is 33.1 Å². The van der Waals surface area contributed by atoms with Gasteiger partial charge in [-0.15, -0.1) is 0 Å². The van der Waals surface area contributed by atoms with Gasteiger partial charge in [-0.3, -0.25) is 0 Å². The molecule has 0 aromatic carbocycles. The first kappa shape index (κ1) is 10.5. The van der Waals surface area contributed by atoms with Gasteiger partial charge in [-0.2, -0.15) is 4.39 Å². The third-order valence-electron chi connectivity index (χ3n) is 1.46. The van der Waals surface area contributed by atoms with E-state index in [4.69, 9.17) is 5.11 Å². The number of hydrogen-bond donors (Lipinski definition) is 1. The van der Waals surface area contributed by atoms with E-state index in [0.717, 1.165) is 6.07 Å². The van der Waals surface area contributed by atoms with Gasteiger partial charge in [0.05, 0.1) is 12.2 Å². The van der Waals surface area contributed by atoms with Crippen molar-refractivity contribution in [2.75, 3.05) is 0 Å². The first-order valence-corrected chi connectivity index (χ1v) is 4.09. The van der Waals surface area contributed by atoms with E-state index in [1.165, 1.54) is 0 Å². The maximum Gasteiger partial charge on any atom is 0.268 e. The Balaban J connectivity index is 3.30. The van der Waals surface area contributed by atoms with Crippen LogP contribution < -0.4 is 0 Å². The number of rotatable bonds is 2. The van der Waals surface area contributed by atoms with E-state index >= 15 is 0 Å². The molecule has 1 heterocycles. The predicted octanol–water partition coefficient (Wildman–Crippen LogP) is 2.41. The fourth-order valence-corrected chi connectivity index (χ4v) is 1.33. The summed E-state index contributed by atoms with van der Waals surface area (Å²) in [6, 6.07) is 1.16. The molecule has 2 nitrogen and oxygen atoms in total. The zero-order valence-electron chi connectivity index (χ0n) is 6.27. The van der Waals surface area contributed by atoms with Crippen LogP contribution in [0, 0.1) is 5.95 Å². The summed E-state index contributed by atoms with van der Waals surface area (Å²) < 4.78 is 37.3. The summed E-state index contributed by atoms with van der Waals surface area (Å²) in [4.78, 5) is 3.16. The zero-order chi connectivity index (χ0) is 10.0. The summed E-state index contributed by atoms with van der Waals surface area (Å²) in [5, 5.41) is 8.67. The number of nitrogens with zero attached hydrogens (tertiary/aromatic N) is 1. The monoisotopic (exact) mass is 255 g/mol. The number of aliphatic hydroxyl groups is 1. The van der Waals surface area contributed by atoms with Gasteiger partial charge >= 0.3 is 0 Å². The van der Waals surface area contributed by atoms with Crippen LogP contribution in [0.15, 0.2) is 10.7 Å². The summed E-state index contributed by atoms with van der Waals surface area (Å²) in [7, 11) is 0. The van der Waals surface area contributed by atoms with Crippen LogP contribution in [-0.4, -0.2) is 10.1 Å². The van der Waals surface area contributed by atoms with Gasteiger partial charge in [-0.05, 0) is 27.6 Å². The Labute approximate surface area is 80.5 Å². The lowest BCUT2D eigenvalue weighted by atomic mass is 10.1. The second-order valence-corrected chi connectivity index (χ2v) is 3.08. The standard InChI is InChI=1S/C7H5BrF3NO/c8-4-1-3(2-13)5(6(9)10)7(11)12-4/h1,6,13H,2H2. The number of aromatic nitrogens is 1. The third-order valence-corrected chi connectivity index (χ3v) is 1.86. The van der Waals surface area contributed by atoms with Gasteiger partial charge in [0.25, 0.3) is 6.43 Å². The fraction of sp³-hybridized carbons (Fsp3) is 0.286. The highest BCUT2D eigenvalue weighted by Crippen LogP contribution is 2.26. The molecule has 0 radical (unpaired) electrons. The first-order chi connectivity index (χ1) is 6.06. The SMILES string of the molecule is OCc1cc(Br)nc(F)c1C(F)F. The molecule has 72 valence electrons. The van der Waals surface area contributed by atoms with Crippen LogP contribution in [0.4, 0.5) is 13.2 Å². The molecule has 0 unspecified atom stereocenters. The second kappa shape index (κ2) is 4.06. The lowest BCUT2D eigenvalue weighted by molar-refractivity contribution is 0.140. The fourth-order valence-electron chi connectivity index (χ4n) is 0.901. The van der Waals surface area contributed by atoms with E-state index in [2.05, 4.69) is 20.9 Å². The molecule has 0 aliphatic carbocycles. The number of pyridine rings is 1. The van der Waals surface area contributed by atoms with Crippen LogP contribution in [0.1, 0.15) is 17.6 Å². The van der Waals surface area contributed by atoms with E-state index in [1.807, 2.05) is 0 Å². The number of alkyl halides is 2. The molecule has 0 spiro atoms. The smallest absolute Gasteiger partial charge is 0.268 e. The van der Waals surface area contributed by atoms with Gasteiger partial charge < -0.3 is 5.11 Å². The first-order valence-electron chi connectivity index (χ1n) is 3.30. The zero-order valence-corrected chi connectivity index (χ0v) is 7.85. The molecule has 0 saturated heterocycles. The number of halogens is 4. The molecule has 0 fully saturated rings. The van der Waals surface area contributed by atoms with Crippen molar-refractivity contribution in [3.63, 3.8) is 0 Å². The highest BCUT2D eigenvalue weighted by molar-refractivity contribution is 9.10. The lowest BCUT2D eigenvalue weighted by Gasteiger charge is -2.06. The van der Waals surface area contributed by atoms with E-state index in [9.17, 15) is 13.2 Å². The molecule has 1 rings (SSSR count). The Morgan fingerprint density at radius 1 is 1.54 bits per heavy atom. The van der Waals surface area contributed by atoms with Gasteiger partial charge in [0.15, 0.2) is 0 Å². The van der Waals surface area contributed by atoms with Crippen LogP contribution in [0.2, 0.25) is 0 Å². The number of hydrogen-bond acceptors (Lipinski definition) is 2. The van der Waals surface area contributed by atoms with Crippen molar-refractivity contribution >= 4 is 15.9 Å². The average molecular weight is 256 g/mol. The van der Waals surface area contributed by atoms with Crippen LogP contribution in [0.5, 0.6) is 0 Å². The maximum atomic E-state index is 12.8. The largest absolute Gasteiger partial charge is 0.392 e. The highest BCUT2D eigenvalue weighted by atomic mass is 79.9. The average Bonchev–Trinajstić information content (AvgIpc) is 2.01. The summed E-state index contributed by atoms with van der Waals surface area (Å²) >= 11 is 2.83. The summed E-state index contributed by atoms with van der Waals surface area (Å²) in [5.41, 5.74) is -1.000. The molecule has 1 N–H and O–H groups in total. The van der Waals surface area contributed by atoms with Crippen LogP contribution in [0.25, 0.3) is 0 Å². The number of aliphatic hydroxyl groups excluding tert-OH is 1.